The van der Waals surface area contributed by atoms with E-state index in [0.29, 0.717) is 17.8 Å². The summed E-state index contributed by atoms with van der Waals surface area (Å²) in [4.78, 5) is 17.1. The number of halogens is 3. The molecule has 0 aliphatic heterocycles. The van der Waals surface area contributed by atoms with Gasteiger partial charge in [0.15, 0.2) is 0 Å². The first-order chi connectivity index (χ1) is 10.1. The number of nitrogens with one attached hydrogen (secondary N) is 2. The number of likely N-dealkylation sites (N-methyl/N-ethyl adjacent to an activating group) is 1. The van der Waals surface area contributed by atoms with E-state index in [0.717, 1.165) is 22.8 Å². The Morgan fingerprint density at radius 2 is 1.87 bits per heavy atom. The summed E-state index contributed by atoms with van der Waals surface area (Å²) in [6, 6.07) is 6.33. The van der Waals surface area contributed by atoms with Gasteiger partial charge in [-0.3, -0.25) is 4.79 Å². The summed E-state index contributed by atoms with van der Waals surface area (Å²) in [6.45, 7) is 3.14. The van der Waals surface area contributed by atoms with E-state index >= 15 is 0 Å². The lowest BCUT2D eigenvalue weighted by Crippen LogP contribution is -2.30. The molecule has 0 saturated carbocycles. The molecule has 0 atom stereocenters. The Bertz CT molecular complexity index is 620. The third-order valence-corrected chi connectivity index (χ3v) is 4.13. The highest BCUT2D eigenvalue weighted by Gasteiger charge is 2.15. The Morgan fingerprint density at radius 1 is 1.22 bits per heavy atom. The number of hydrogen-bond donors (Lipinski definition) is 2. The molecular weight excluding hydrogens is 360 g/mol. The van der Waals surface area contributed by atoms with Crippen LogP contribution in [0, 0.1) is 12.7 Å². The molecule has 1 amide bonds. The van der Waals surface area contributed by atoms with Crippen molar-refractivity contribution in [2.45, 2.75) is 13.3 Å². The van der Waals surface area contributed by atoms with Gasteiger partial charge in [0.2, 0.25) is 0 Å². The van der Waals surface area contributed by atoms with E-state index in [1.165, 1.54) is 23.5 Å². The third-order valence-electron chi connectivity index (χ3n) is 2.98. The highest BCUT2D eigenvalue weighted by Crippen LogP contribution is 2.21. The molecule has 1 aromatic carbocycles. The summed E-state index contributed by atoms with van der Waals surface area (Å²) in [7, 11) is 1.84. The van der Waals surface area contributed by atoms with Crippen molar-refractivity contribution >= 4 is 42.1 Å². The van der Waals surface area contributed by atoms with Gasteiger partial charge in [0, 0.05) is 19.5 Å². The molecular formula is C15H20Cl2FN3OS. The van der Waals surface area contributed by atoms with Crippen molar-refractivity contribution < 1.29 is 9.18 Å². The van der Waals surface area contributed by atoms with Crippen molar-refractivity contribution in [2.75, 3.05) is 20.1 Å². The van der Waals surface area contributed by atoms with Crippen LogP contribution < -0.4 is 10.6 Å². The maximum absolute atomic E-state index is 12.9. The Hall–Kier alpha value is -1.21. The predicted octanol–water partition coefficient (Wildman–Crippen LogP) is 2.97. The first kappa shape index (κ1) is 21.8. The molecule has 4 nitrogen and oxygen atoms in total. The van der Waals surface area contributed by atoms with Crippen LogP contribution in [-0.4, -0.2) is 31.0 Å². The fourth-order valence-electron chi connectivity index (χ4n) is 1.90. The molecule has 0 saturated heterocycles. The van der Waals surface area contributed by atoms with Crippen LogP contribution >= 0.6 is 36.2 Å². The number of carbonyl (C=O) groups is 1. The van der Waals surface area contributed by atoms with Crippen LogP contribution in [0.15, 0.2) is 24.3 Å². The molecule has 1 aromatic heterocycles. The number of carbonyl (C=O) groups excluding carboxylic acids is 1. The van der Waals surface area contributed by atoms with Crippen LogP contribution in [0.1, 0.15) is 25.9 Å². The molecule has 0 aliphatic carbocycles. The van der Waals surface area contributed by atoms with Crippen molar-refractivity contribution in [3.8, 4) is 0 Å². The molecule has 2 N–H and O–H groups in total. The lowest BCUT2D eigenvalue weighted by molar-refractivity contribution is 0.0957. The second kappa shape index (κ2) is 10.5. The number of amides is 1. The molecule has 0 spiro atoms. The van der Waals surface area contributed by atoms with Gasteiger partial charge < -0.3 is 10.6 Å². The first-order valence-corrected chi connectivity index (χ1v) is 7.55. The molecule has 8 heteroatoms. The Morgan fingerprint density at radius 3 is 2.48 bits per heavy atom. The predicted molar refractivity (Wildman–Crippen MR) is 96.8 cm³/mol. The lowest BCUT2D eigenvalue weighted by atomic mass is 10.1. The molecule has 23 heavy (non-hydrogen) atoms. The average Bonchev–Trinajstić information content (AvgIpc) is 2.82. The smallest absolute Gasteiger partial charge is 0.263 e. The summed E-state index contributed by atoms with van der Waals surface area (Å²) in [5.41, 5.74) is 1.71. The first-order valence-electron chi connectivity index (χ1n) is 6.73. The second-order valence-corrected chi connectivity index (χ2v) is 5.77. The summed E-state index contributed by atoms with van der Waals surface area (Å²) < 4.78 is 12.9. The van der Waals surface area contributed by atoms with Crippen LogP contribution in [0.25, 0.3) is 0 Å². The number of aromatic nitrogens is 1. The number of benzene rings is 1. The van der Waals surface area contributed by atoms with Gasteiger partial charge in [0.25, 0.3) is 5.91 Å². The van der Waals surface area contributed by atoms with E-state index in [-0.39, 0.29) is 36.5 Å². The zero-order valence-electron chi connectivity index (χ0n) is 12.9. The maximum Gasteiger partial charge on any atom is 0.263 e. The Labute approximate surface area is 151 Å². The molecule has 2 rings (SSSR count). The van der Waals surface area contributed by atoms with Gasteiger partial charge in [-0.15, -0.1) is 36.2 Å². The standard InChI is InChI=1S/C15H18FN3OS.2ClH/c1-10-14(15(20)18-8-7-17-2)21-13(19-10)9-11-3-5-12(16)6-4-11;;/h3-6,17H,7-9H2,1-2H3,(H,18,20);2*1H. The molecule has 0 fully saturated rings. The minimum atomic E-state index is -0.251. The fourth-order valence-corrected chi connectivity index (χ4v) is 2.91. The van der Waals surface area contributed by atoms with E-state index in [4.69, 9.17) is 0 Å². The zero-order valence-corrected chi connectivity index (χ0v) is 15.3. The topological polar surface area (TPSA) is 54.0 Å². The number of rotatable bonds is 6. The molecule has 0 bridgehead atoms. The van der Waals surface area contributed by atoms with Crippen molar-refractivity contribution in [3.63, 3.8) is 0 Å². The molecule has 2 aromatic rings. The lowest BCUT2D eigenvalue weighted by Gasteiger charge is -2.02. The molecule has 0 radical (unpaired) electrons. The monoisotopic (exact) mass is 379 g/mol. The normalized spacial score (nSPS) is 9.70. The summed E-state index contributed by atoms with van der Waals surface area (Å²) in [5, 5.41) is 6.68. The number of aryl methyl sites for hydroxylation is 1. The second-order valence-electron chi connectivity index (χ2n) is 4.68. The Balaban J connectivity index is 0.00000242. The van der Waals surface area contributed by atoms with Crippen LogP contribution in [0.5, 0.6) is 0 Å². The fraction of sp³-hybridized carbons (Fsp3) is 0.333. The van der Waals surface area contributed by atoms with Crippen molar-refractivity contribution in [3.05, 3.63) is 51.2 Å². The van der Waals surface area contributed by atoms with E-state index in [1.54, 1.807) is 12.1 Å². The zero-order chi connectivity index (χ0) is 15.2. The SMILES string of the molecule is CNCCNC(=O)c1sc(Cc2ccc(F)cc2)nc1C.Cl.Cl. The van der Waals surface area contributed by atoms with Gasteiger partial charge >= 0.3 is 0 Å². The summed E-state index contributed by atoms with van der Waals surface area (Å²) in [5.74, 6) is -0.343. The summed E-state index contributed by atoms with van der Waals surface area (Å²) >= 11 is 1.39. The molecule has 128 valence electrons. The average molecular weight is 380 g/mol. The molecule has 0 aliphatic rings. The molecule has 0 unspecified atom stereocenters. The van der Waals surface area contributed by atoms with E-state index < -0.39 is 0 Å². The molecule has 1 heterocycles. The third kappa shape index (κ3) is 6.43. The van der Waals surface area contributed by atoms with Gasteiger partial charge in [-0.1, -0.05) is 12.1 Å². The largest absolute Gasteiger partial charge is 0.350 e. The van der Waals surface area contributed by atoms with Gasteiger partial charge in [0.05, 0.1) is 10.7 Å². The minimum absolute atomic E-state index is 0. The highest BCUT2D eigenvalue weighted by molar-refractivity contribution is 7.13. The number of hydrogen-bond acceptors (Lipinski definition) is 4. The van der Waals surface area contributed by atoms with Crippen molar-refractivity contribution in [1.29, 1.82) is 0 Å². The van der Waals surface area contributed by atoms with Crippen molar-refractivity contribution in [1.82, 2.24) is 15.6 Å². The van der Waals surface area contributed by atoms with Gasteiger partial charge in [-0.2, -0.15) is 0 Å². The summed E-state index contributed by atoms with van der Waals surface area (Å²) in [6.07, 6.45) is 0.607. The van der Waals surface area contributed by atoms with E-state index in [9.17, 15) is 9.18 Å². The van der Waals surface area contributed by atoms with E-state index in [2.05, 4.69) is 15.6 Å². The number of thiazole rings is 1. The van der Waals surface area contributed by atoms with Gasteiger partial charge in [0.1, 0.15) is 10.7 Å². The Kier molecular flexibility index (Phi) is 9.99. The van der Waals surface area contributed by atoms with E-state index in [1.807, 2.05) is 14.0 Å². The highest BCUT2D eigenvalue weighted by atomic mass is 35.5. The quantitative estimate of drug-likeness (QED) is 0.758. The maximum atomic E-state index is 12.9. The number of nitrogens with zero attached hydrogens (tertiary/aromatic N) is 1. The van der Waals surface area contributed by atoms with Crippen LogP contribution in [0.3, 0.4) is 0 Å². The van der Waals surface area contributed by atoms with Crippen LogP contribution in [0.4, 0.5) is 4.39 Å². The van der Waals surface area contributed by atoms with Crippen LogP contribution in [0.2, 0.25) is 0 Å². The van der Waals surface area contributed by atoms with Crippen molar-refractivity contribution in [2.24, 2.45) is 0 Å². The van der Waals surface area contributed by atoms with Gasteiger partial charge in [-0.05, 0) is 31.7 Å². The minimum Gasteiger partial charge on any atom is -0.350 e. The van der Waals surface area contributed by atoms with Gasteiger partial charge in [-0.25, -0.2) is 9.37 Å². The van der Waals surface area contributed by atoms with Crippen LogP contribution in [-0.2, 0) is 6.42 Å².